The normalized spacial score (nSPS) is 15.5. The molecule has 0 fully saturated rings. The molecule has 0 unspecified atom stereocenters. The van der Waals surface area contributed by atoms with Gasteiger partial charge in [0.2, 0.25) is 10.0 Å². The number of sulfonamides is 1. The minimum atomic E-state index is -3.39. The van der Waals surface area contributed by atoms with Gasteiger partial charge in [-0.15, -0.1) is 0 Å². The van der Waals surface area contributed by atoms with Gasteiger partial charge < -0.3 is 10.6 Å². The number of nitrogens with zero attached hydrogens (tertiary/aromatic N) is 1. The molecule has 1 aliphatic rings. The Kier molecular flexibility index (Phi) is 4.39. The van der Waals surface area contributed by atoms with Gasteiger partial charge in [0, 0.05) is 19.6 Å². The third kappa shape index (κ3) is 3.68. The third-order valence-corrected chi connectivity index (χ3v) is 4.25. The van der Waals surface area contributed by atoms with Crippen LogP contribution in [0.4, 0.5) is 0 Å². The molecule has 0 aliphatic carbocycles. The number of benzene rings is 1. The highest BCUT2D eigenvalue weighted by molar-refractivity contribution is 7.89. The van der Waals surface area contributed by atoms with Crippen LogP contribution in [0.25, 0.3) is 0 Å². The van der Waals surface area contributed by atoms with Crippen LogP contribution in [-0.4, -0.2) is 34.5 Å². The first-order chi connectivity index (χ1) is 9.12. The van der Waals surface area contributed by atoms with Gasteiger partial charge in [-0.25, -0.2) is 13.1 Å². The van der Waals surface area contributed by atoms with E-state index in [-0.39, 0.29) is 4.90 Å². The minimum absolute atomic E-state index is 0.271. The van der Waals surface area contributed by atoms with E-state index < -0.39 is 10.0 Å². The van der Waals surface area contributed by atoms with Gasteiger partial charge in [0.05, 0.1) is 4.90 Å². The average molecular weight is 282 g/mol. The van der Waals surface area contributed by atoms with Crippen molar-refractivity contribution in [1.29, 1.82) is 0 Å². The van der Waals surface area contributed by atoms with Crippen LogP contribution in [0.2, 0.25) is 0 Å². The summed E-state index contributed by atoms with van der Waals surface area (Å²) in [5.41, 5.74) is 0.895. The van der Waals surface area contributed by atoms with E-state index in [1.807, 2.05) is 6.07 Å². The van der Waals surface area contributed by atoms with Crippen LogP contribution in [0.5, 0.6) is 0 Å². The molecule has 1 aromatic rings. The first-order valence-corrected chi connectivity index (χ1v) is 7.65. The van der Waals surface area contributed by atoms with Crippen molar-refractivity contribution in [2.45, 2.75) is 17.9 Å². The number of guanidine groups is 1. The van der Waals surface area contributed by atoms with Crippen LogP contribution in [0.1, 0.15) is 12.0 Å². The zero-order valence-corrected chi connectivity index (χ0v) is 11.6. The Balaban J connectivity index is 2.05. The van der Waals surface area contributed by atoms with Crippen LogP contribution in [-0.2, 0) is 16.6 Å². The lowest BCUT2D eigenvalue weighted by atomic mass is 10.2. The van der Waals surface area contributed by atoms with Crippen molar-refractivity contribution in [2.75, 3.05) is 20.1 Å². The summed E-state index contributed by atoms with van der Waals surface area (Å²) in [6.45, 7) is 2.28. The molecule has 0 aromatic heterocycles. The van der Waals surface area contributed by atoms with E-state index in [1.54, 1.807) is 18.2 Å². The summed E-state index contributed by atoms with van der Waals surface area (Å²) in [7, 11) is -1.98. The predicted octanol–water partition coefficient (Wildman–Crippen LogP) is 0.0336. The quantitative estimate of drug-likeness (QED) is 0.728. The molecule has 0 spiro atoms. The molecule has 7 heteroatoms. The molecule has 6 nitrogen and oxygen atoms in total. The Hall–Kier alpha value is -1.60. The summed E-state index contributed by atoms with van der Waals surface area (Å²) in [6, 6.07) is 6.84. The van der Waals surface area contributed by atoms with Crippen molar-refractivity contribution in [2.24, 2.45) is 4.99 Å². The first-order valence-electron chi connectivity index (χ1n) is 6.16. The molecule has 1 aliphatic heterocycles. The number of hydrogen-bond donors (Lipinski definition) is 3. The van der Waals surface area contributed by atoms with Gasteiger partial charge in [0.25, 0.3) is 0 Å². The van der Waals surface area contributed by atoms with Crippen LogP contribution in [0, 0.1) is 0 Å². The van der Waals surface area contributed by atoms with E-state index in [0.29, 0.717) is 6.54 Å². The van der Waals surface area contributed by atoms with E-state index in [1.165, 1.54) is 7.05 Å². The monoisotopic (exact) mass is 282 g/mol. The van der Waals surface area contributed by atoms with Gasteiger partial charge in [0.1, 0.15) is 0 Å². The maximum absolute atomic E-state index is 11.7. The molecule has 0 radical (unpaired) electrons. The summed E-state index contributed by atoms with van der Waals surface area (Å²) in [5.74, 6) is 0.771. The molecule has 1 aromatic carbocycles. The van der Waals surface area contributed by atoms with Gasteiger partial charge in [-0.1, -0.05) is 12.1 Å². The largest absolute Gasteiger partial charge is 0.356 e. The van der Waals surface area contributed by atoms with Crippen molar-refractivity contribution in [1.82, 2.24) is 15.4 Å². The zero-order chi connectivity index (χ0) is 13.7. The van der Waals surface area contributed by atoms with Gasteiger partial charge >= 0.3 is 0 Å². The Morgan fingerprint density at radius 2 is 2.26 bits per heavy atom. The second kappa shape index (κ2) is 6.03. The molecule has 104 valence electrons. The molecular formula is C12H18N4O2S. The third-order valence-electron chi connectivity index (χ3n) is 2.83. The topological polar surface area (TPSA) is 82.6 Å². The number of hydrogen-bond acceptors (Lipinski definition) is 5. The number of rotatable bonds is 4. The van der Waals surface area contributed by atoms with Gasteiger partial charge in [-0.3, -0.25) is 4.99 Å². The fourth-order valence-corrected chi connectivity index (χ4v) is 2.58. The van der Waals surface area contributed by atoms with Crippen molar-refractivity contribution >= 4 is 16.0 Å². The maximum Gasteiger partial charge on any atom is 0.240 e. The predicted molar refractivity (Wildman–Crippen MR) is 74.4 cm³/mol. The van der Waals surface area contributed by atoms with Crippen molar-refractivity contribution in [3.63, 3.8) is 0 Å². The van der Waals surface area contributed by atoms with Crippen LogP contribution in [0.3, 0.4) is 0 Å². The van der Waals surface area contributed by atoms with Crippen LogP contribution < -0.4 is 15.4 Å². The molecule has 1 heterocycles. The molecule has 3 N–H and O–H groups in total. The highest BCUT2D eigenvalue weighted by Gasteiger charge is 2.11. The lowest BCUT2D eigenvalue weighted by molar-refractivity contribution is 0.588. The molecule has 19 heavy (non-hydrogen) atoms. The summed E-state index contributed by atoms with van der Waals surface area (Å²) < 4.78 is 25.7. The van der Waals surface area contributed by atoms with Gasteiger partial charge in [-0.05, 0) is 31.2 Å². The second-order valence-corrected chi connectivity index (χ2v) is 6.11. The van der Waals surface area contributed by atoms with Crippen LogP contribution >= 0.6 is 0 Å². The Morgan fingerprint density at radius 1 is 1.42 bits per heavy atom. The minimum Gasteiger partial charge on any atom is -0.356 e. The van der Waals surface area contributed by atoms with E-state index >= 15 is 0 Å². The Labute approximate surface area is 113 Å². The van der Waals surface area contributed by atoms with E-state index in [2.05, 4.69) is 20.3 Å². The van der Waals surface area contributed by atoms with Gasteiger partial charge in [-0.2, -0.15) is 0 Å². The summed E-state index contributed by atoms with van der Waals surface area (Å²) in [6.07, 6.45) is 1.04. The molecule has 0 bridgehead atoms. The molecule has 0 atom stereocenters. The van der Waals surface area contributed by atoms with E-state index in [4.69, 9.17) is 0 Å². The zero-order valence-electron chi connectivity index (χ0n) is 10.8. The highest BCUT2D eigenvalue weighted by atomic mass is 32.2. The fraction of sp³-hybridized carbons (Fsp3) is 0.417. The Morgan fingerprint density at radius 3 is 2.95 bits per heavy atom. The Bertz CT molecular complexity index is 569. The number of nitrogens with one attached hydrogen (secondary N) is 3. The van der Waals surface area contributed by atoms with Crippen LogP contribution in [0.15, 0.2) is 34.2 Å². The molecule has 2 rings (SSSR count). The second-order valence-electron chi connectivity index (χ2n) is 4.22. The molecule has 0 saturated heterocycles. The first kappa shape index (κ1) is 13.8. The summed E-state index contributed by atoms with van der Waals surface area (Å²) in [4.78, 5) is 4.57. The highest BCUT2D eigenvalue weighted by Crippen LogP contribution is 2.10. The SMILES string of the molecule is CNS(=O)(=O)c1cccc(CNC2=NCCCN2)c1. The lowest BCUT2D eigenvalue weighted by Crippen LogP contribution is -2.40. The van der Waals surface area contributed by atoms with Crippen molar-refractivity contribution in [3.05, 3.63) is 29.8 Å². The fourth-order valence-electron chi connectivity index (χ4n) is 1.78. The van der Waals surface area contributed by atoms with Gasteiger partial charge in [0.15, 0.2) is 5.96 Å². The van der Waals surface area contributed by atoms with Crippen molar-refractivity contribution in [3.8, 4) is 0 Å². The molecule has 0 amide bonds. The van der Waals surface area contributed by atoms with E-state index in [0.717, 1.165) is 31.0 Å². The number of aliphatic imine (C=N–C) groups is 1. The lowest BCUT2D eigenvalue weighted by Gasteiger charge is -2.16. The standard InChI is InChI=1S/C12H18N4O2S/c1-13-19(17,18)11-5-2-4-10(8-11)9-16-12-14-6-3-7-15-12/h2,4-5,8,13H,3,6-7,9H2,1H3,(H2,14,15,16). The average Bonchev–Trinajstić information content (AvgIpc) is 2.46. The molecule has 0 saturated carbocycles. The maximum atomic E-state index is 11.7. The smallest absolute Gasteiger partial charge is 0.240 e. The van der Waals surface area contributed by atoms with E-state index in [9.17, 15) is 8.42 Å². The summed E-state index contributed by atoms with van der Waals surface area (Å²) >= 11 is 0. The summed E-state index contributed by atoms with van der Waals surface area (Å²) in [5, 5.41) is 6.31. The molecular weight excluding hydrogens is 264 g/mol. The van der Waals surface area contributed by atoms with Crippen molar-refractivity contribution < 1.29 is 8.42 Å².